The molecule has 4 aliphatic rings. The summed E-state index contributed by atoms with van der Waals surface area (Å²) in [5.41, 5.74) is 1.63. The number of aromatic nitrogens is 1. The number of carbonyl (C=O) groups is 3. The van der Waals surface area contributed by atoms with Gasteiger partial charge in [-0.1, -0.05) is 68.3 Å². The lowest BCUT2D eigenvalue weighted by Crippen LogP contribution is -2.47. The topological polar surface area (TPSA) is 132 Å². The second-order valence-electron chi connectivity index (χ2n) is 18.0. The summed E-state index contributed by atoms with van der Waals surface area (Å²) >= 11 is 0. The first kappa shape index (κ1) is 41.6. The number of benzene rings is 3. The van der Waals surface area contributed by atoms with Gasteiger partial charge in [0.1, 0.15) is 23.4 Å². The summed E-state index contributed by atoms with van der Waals surface area (Å²) in [5, 5.41) is 0.735. The van der Waals surface area contributed by atoms with E-state index < -0.39 is 49.6 Å². The van der Waals surface area contributed by atoms with Gasteiger partial charge < -0.3 is 14.4 Å². The van der Waals surface area contributed by atoms with Crippen LogP contribution in [0.2, 0.25) is 0 Å². The predicted octanol–water partition coefficient (Wildman–Crippen LogP) is 8.44. The number of amides is 2. The largest absolute Gasteiger partial charge is 0.497 e. The molecule has 60 heavy (non-hydrogen) atoms. The van der Waals surface area contributed by atoms with Crippen molar-refractivity contribution in [3.05, 3.63) is 102 Å². The van der Waals surface area contributed by atoms with E-state index in [4.69, 9.17) is 14.5 Å². The number of ketones is 1. The highest BCUT2D eigenvalue weighted by atomic mass is 32.2. The minimum Gasteiger partial charge on any atom is -0.497 e. The minimum atomic E-state index is -3.97. The molecule has 8 rings (SSSR count). The Labute approximate surface area is 352 Å². The normalized spacial score (nSPS) is 27.2. The lowest BCUT2D eigenvalue weighted by Gasteiger charge is -2.30. The maximum atomic E-state index is 15.0. The van der Waals surface area contributed by atoms with Gasteiger partial charge in [-0.05, 0) is 94.2 Å². The van der Waals surface area contributed by atoms with E-state index in [2.05, 4.69) is 4.72 Å². The van der Waals surface area contributed by atoms with Crippen molar-refractivity contribution in [2.75, 3.05) is 13.7 Å². The summed E-state index contributed by atoms with van der Waals surface area (Å²) in [5.74, 6) is -0.938. The Kier molecular flexibility index (Phi) is 11.1. The van der Waals surface area contributed by atoms with Crippen molar-refractivity contribution in [3.63, 3.8) is 0 Å². The van der Waals surface area contributed by atoms with Gasteiger partial charge in [0.05, 0.1) is 41.1 Å². The standard InChI is InChI=1S/C48H54FN3O7S/c1-31-21-32(24-35(49)22-31)23-34-15-9-6-5-7-12-18-46(2)30-48(46,45(55)51-60(56,57)47(3)19-20-47)28-42(53)41-26-37(29-52(41)44(34)54)59-43-27-39(33-13-10-8-11-14-33)50-40-25-36(58-4)16-17-38(40)43/h8,10-14,16-18,21-22,24-25,27,34,37,41H,5-7,9,15,19-20,23,26,28-30H2,1-4H3,(H,51,55)/b18-12-/t34-,37-,41+,46+,48-/m1/s1. The van der Waals surface area contributed by atoms with Gasteiger partial charge in [0, 0.05) is 47.3 Å². The van der Waals surface area contributed by atoms with E-state index in [0.717, 1.165) is 42.2 Å². The average molecular weight is 836 g/mol. The molecule has 316 valence electrons. The Morgan fingerprint density at radius 2 is 1.78 bits per heavy atom. The fraction of sp³-hybridized carbons (Fsp3) is 0.458. The van der Waals surface area contributed by atoms with Crippen LogP contribution >= 0.6 is 0 Å². The highest BCUT2D eigenvalue weighted by Gasteiger charge is 2.69. The molecule has 10 nitrogen and oxygen atoms in total. The first-order valence-corrected chi connectivity index (χ1v) is 22.7. The molecule has 1 aromatic heterocycles. The average Bonchev–Trinajstić information content (AvgIpc) is 4.05. The number of aryl methyl sites for hydroxylation is 1. The van der Waals surface area contributed by atoms with Gasteiger partial charge in [-0.25, -0.2) is 17.8 Å². The highest BCUT2D eigenvalue weighted by molar-refractivity contribution is 7.91. The fourth-order valence-electron chi connectivity index (χ4n) is 9.39. The zero-order valence-electron chi connectivity index (χ0n) is 34.8. The molecular weight excluding hydrogens is 782 g/mol. The number of pyridine rings is 1. The molecule has 5 atom stereocenters. The summed E-state index contributed by atoms with van der Waals surface area (Å²) in [4.78, 5) is 50.8. The maximum absolute atomic E-state index is 15.0. The van der Waals surface area contributed by atoms with Gasteiger partial charge >= 0.3 is 0 Å². The molecule has 2 aliphatic heterocycles. The number of sulfonamides is 1. The van der Waals surface area contributed by atoms with Crippen LogP contribution < -0.4 is 14.2 Å². The minimum absolute atomic E-state index is 0.109. The van der Waals surface area contributed by atoms with Crippen molar-refractivity contribution in [1.29, 1.82) is 0 Å². The first-order chi connectivity index (χ1) is 28.6. The highest BCUT2D eigenvalue weighted by Crippen LogP contribution is 2.67. The molecule has 3 heterocycles. The summed E-state index contributed by atoms with van der Waals surface area (Å²) in [6, 6.07) is 21.0. The van der Waals surface area contributed by atoms with Gasteiger partial charge in [-0.3, -0.25) is 19.1 Å². The predicted molar refractivity (Wildman–Crippen MR) is 228 cm³/mol. The second kappa shape index (κ2) is 16.1. The molecule has 1 N–H and O–H groups in total. The van der Waals surface area contributed by atoms with Gasteiger partial charge in [0.2, 0.25) is 21.8 Å². The number of rotatable bonds is 9. The molecule has 4 aromatic rings. The van der Waals surface area contributed by atoms with E-state index in [-0.39, 0.29) is 36.9 Å². The molecule has 12 heteroatoms. The van der Waals surface area contributed by atoms with Crippen molar-refractivity contribution in [3.8, 4) is 22.8 Å². The lowest BCUT2D eigenvalue weighted by atomic mass is 9.85. The van der Waals surface area contributed by atoms with Gasteiger partial charge in [-0.15, -0.1) is 0 Å². The van der Waals surface area contributed by atoms with Gasteiger partial charge in [-0.2, -0.15) is 0 Å². The first-order valence-electron chi connectivity index (χ1n) is 21.2. The molecule has 2 saturated carbocycles. The Hall–Kier alpha value is -5.10. The smallest absolute Gasteiger partial charge is 0.241 e. The van der Waals surface area contributed by atoms with E-state index in [0.29, 0.717) is 60.4 Å². The number of hydrogen-bond donors (Lipinski definition) is 1. The van der Waals surface area contributed by atoms with Crippen LogP contribution in [-0.4, -0.2) is 66.4 Å². The summed E-state index contributed by atoms with van der Waals surface area (Å²) in [7, 11) is -2.38. The monoisotopic (exact) mass is 835 g/mol. The van der Waals surface area contributed by atoms with Crippen molar-refractivity contribution in [1.82, 2.24) is 14.6 Å². The number of nitrogens with zero attached hydrogens (tertiary/aromatic N) is 2. The van der Waals surface area contributed by atoms with Crippen molar-refractivity contribution >= 4 is 38.5 Å². The number of hydrogen-bond acceptors (Lipinski definition) is 8. The molecule has 0 radical (unpaired) electrons. The van der Waals surface area contributed by atoms with Crippen molar-refractivity contribution in [2.45, 2.75) is 108 Å². The third-order valence-electron chi connectivity index (χ3n) is 13.5. The van der Waals surface area contributed by atoms with E-state index in [1.807, 2.05) is 86.7 Å². The number of halogens is 1. The number of carbonyl (C=O) groups excluding carboxylic acids is 3. The number of allylic oxidation sites excluding steroid dienone is 2. The Balaban J connectivity index is 1.16. The van der Waals surface area contributed by atoms with E-state index >= 15 is 4.79 Å². The molecular formula is C48H54FN3O7S. The summed E-state index contributed by atoms with van der Waals surface area (Å²) in [6.45, 7) is 5.47. The summed E-state index contributed by atoms with van der Waals surface area (Å²) in [6.07, 6.45) is 8.64. The van der Waals surface area contributed by atoms with Gasteiger partial charge in [0.15, 0.2) is 5.78 Å². The Morgan fingerprint density at radius 1 is 1.00 bits per heavy atom. The van der Waals surface area contributed by atoms with Crippen molar-refractivity contribution in [2.24, 2.45) is 16.7 Å². The molecule has 1 saturated heterocycles. The summed E-state index contributed by atoms with van der Waals surface area (Å²) < 4.78 is 55.2. The van der Waals surface area contributed by atoms with Crippen LogP contribution in [0.3, 0.4) is 0 Å². The number of ether oxygens (including phenoxy) is 2. The molecule has 3 aromatic carbocycles. The molecule has 2 aliphatic carbocycles. The zero-order valence-corrected chi connectivity index (χ0v) is 35.7. The maximum Gasteiger partial charge on any atom is 0.241 e. The molecule has 0 bridgehead atoms. The number of nitrogens with one attached hydrogen (secondary N) is 1. The zero-order chi connectivity index (χ0) is 42.5. The van der Waals surface area contributed by atoms with Crippen LogP contribution in [-0.2, 0) is 30.8 Å². The Bertz CT molecular complexity index is 2450. The van der Waals surface area contributed by atoms with Gasteiger partial charge in [0.25, 0.3) is 0 Å². The quantitative estimate of drug-likeness (QED) is 0.166. The number of methoxy groups -OCH3 is 1. The number of Topliss-reactive ketones (excluding diaryl/α,β-unsaturated/α-hetero) is 1. The van der Waals surface area contributed by atoms with Crippen LogP contribution in [0.4, 0.5) is 4.39 Å². The van der Waals surface area contributed by atoms with Crippen LogP contribution in [0.25, 0.3) is 22.2 Å². The third-order valence-corrected chi connectivity index (χ3v) is 15.6. The molecule has 0 spiro atoms. The van der Waals surface area contributed by atoms with Crippen LogP contribution in [0.1, 0.15) is 89.2 Å². The Morgan fingerprint density at radius 3 is 2.52 bits per heavy atom. The van der Waals surface area contributed by atoms with Crippen molar-refractivity contribution < 1.29 is 36.7 Å². The van der Waals surface area contributed by atoms with E-state index in [9.17, 15) is 22.4 Å². The van der Waals surface area contributed by atoms with Crippen LogP contribution in [0, 0.1) is 29.5 Å². The fourth-order valence-corrected chi connectivity index (χ4v) is 10.7. The lowest BCUT2D eigenvalue weighted by molar-refractivity contribution is -0.142. The number of fused-ring (bicyclic) bond motifs is 3. The second-order valence-corrected chi connectivity index (χ2v) is 20.2. The van der Waals surface area contributed by atoms with E-state index in [1.54, 1.807) is 18.9 Å². The van der Waals surface area contributed by atoms with E-state index in [1.165, 1.54) is 12.1 Å². The molecule has 2 amide bonds. The third kappa shape index (κ3) is 8.19. The molecule has 3 fully saturated rings. The van der Waals surface area contributed by atoms with Crippen LogP contribution in [0.15, 0.2) is 84.9 Å². The van der Waals surface area contributed by atoms with Crippen LogP contribution in [0.5, 0.6) is 11.5 Å². The molecule has 0 unspecified atom stereocenters. The SMILES string of the molecule is COc1ccc2c(O[C@@H]3C[C@H]4C(=O)C[C@]5(C(=O)NS(=O)(=O)C6(C)CC6)C[C@]5(C)/C=C\CCCCC[C@H](Cc5cc(C)cc(F)c5)C(=O)N4C3)cc(-c3ccccc3)nc2c1.